The Morgan fingerprint density at radius 3 is 2.62 bits per heavy atom. The zero-order valence-electron chi connectivity index (χ0n) is 7.77. The second kappa shape index (κ2) is 4.72. The highest BCUT2D eigenvalue weighted by molar-refractivity contribution is 5.55. The van der Waals surface area contributed by atoms with E-state index >= 15 is 0 Å². The molecule has 0 atom stereocenters. The molecule has 1 aromatic carbocycles. The predicted octanol–water partition coefficient (Wildman–Crippen LogP) is 2.39. The van der Waals surface area contributed by atoms with Crippen LogP contribution in [0.25, 0.3) is 0 Å². The van der Waals surface area contributed by atoms with Crippen LogP contribution in [0.2, 0.25) is 0 Å². The number of benzene rings is 1. The quantitative estimate of drug-likeness (QED) is 0.701. The summed E-state index contributed by atoms with van der Waals surface area (Å²) in [4.78, 5) is 0. The van der Waals surface area contributed by atoms with Gasteiger partial charge < -0.3 is 5.11 Å². The number of nitrogens with zero attached hydrogens (tertiary/aromatic N) is 1. The van der Waals surface area contributed by atoms with Crippen molar-refractivity contribution in [1.82, 2.24) is 0 Å². The second-order valence-electron chi connectivity index (χ2n) is 2.97. The fourth-order valence-corrected chi connectivity index (χ4v) is 1.11. The van der Waals surface area contributed by atoms with Crippen molar-refractivity contribution in [3.63, 3.8) is 0 Å². The number of phenols is 1. The van der Waals surface area contributed by atoms with Gasteiger partial charge in [0.05, 0.1) is 0 Å². The van der Waals surface area contributed by atoms with E-state index < -0.39 is 0 Å². The van der Waals surface area contributed by atoms with Crippen LogP contribution < -0.4 is 5.06 Å². The minimum absolute atomic E-state index is 0.112. The molecule has 0 unspecified atom stereocenters. The summed E-state index contributed by atoms with van der Waals surface area (Å²) in [6.07, 6.45) is 1.93. The number of hydroxylamine groups is 1. The molecule has 0 aliphatic rings. The summed E-state index contributed by atoms with van der Waals surface area (Å²) in [7, 11) is 0. The summed E-state index contributed by atoms with van der Waals surface area (Å²) in [5, 5.41) is 20.0. The van der Waals surface area contributed by atoms with Gasteiger partial charge in [-0.05, 0) is 18.6 Å². The van der Waals surface area contributed by atoms with Crippen LogP contribution in [0.1, 0.15) is 19.8 Å². The molecule has 0 aromatic heterocycles. The van der Waals surface area contributed by atoms with Crippen LogP contribution in [0, 0.1) is 0 Å². The van der Waals surface area contributed by atoms with Gasteiger partial charge in [0.25, 0.3) is 0 Å². The summed E-state index contributed by atoms with van der Waals surface area (Å²) < 4.78 is 0. The van der Waals surface area contributed by atoms with Crippen LogP contribution in [0.5, 0.6) is 5.75 Å². The van der Waals surface area contributed by atoms with Crippen LogP contribution in [-0.2, 0) is 0 Å². The first-order chi connectivity index (χ1) is 6.25. The molecular weight excluding hydrogens is 166 g/mol. The van der Waals surface area contributed by atoms with E-state index in [1.165, 1.54) is 0 Å². The van der Waals surface area contributed by atoms with Crippen LogP contribution in [0.4, 0.5) is 5.69 Å². The number of hydrogen-bond donors (Lipinski definition) is 2. The fraction of sp³-hybridized carbons (Fsp3) is 0.400. The Morgan fingerprint density at radius 2 is 2.00 bits per heavy atom. The third-order valence-electron chi connectivity index (χ3n) is 1.88. The third-order valence-corrected chi connectivity index (χ3v) is 1.88. The molecule has 0 aliphatic carbocycles. The van der Waals surface area contributed by atoms with Crippen molar-refractivity contribution in [2.24, 2.45) is 0 Å². The number of para-hydroxylation sites is 2. The molecule has 0 saturated carbocycles. The van der Waals surface area contributed by atoms with Gasteiger partial charge in [-0.3, -0.25) is 10.3 Å². The van der Waals surface area contributed by atoms with E-state index in [4.69, 9.17) is 0 Å². The molecule has 1 rings (SSSR count). The molecule has 13 heavy (non-hydrogen) atoms. The summed E-state index contributed by atoms with van der Waals surface area (Å²) >= 11 is 0. The van der Waals surface area contributed by atoms with E-state index in [1.807, 2.05) is 0 Å². The Morgan fingerprint density at radius 1 is 1.31 bits per heavy atom. The van der Waals surface area contributed by atoms with Crippen molar-refractivity contribution >= 4 is 5.69 Å². The first-order valence-electron chi connectivity index (χ1n) is 4.50. The normalized spacial score (nSPS) is 10.0. The Kier molecular flexibility index (Phi) is 3.58. The molecule has 1 aromatic rings. The highest BCUT2D eigenvalue weighted by Gasteiger charge is 2.05. The van der Waals surface area contributed by atoms with Crippen molar-refractivity contribution in [3.05, 3.63) is 24.3 Å². The van der Waals surface area contributed by atoms with Crippen molar-refractivity contribution in [3.8, 4) is 5.75 Å². The fourth-order valence-electron chi connectivity index (χ4n) is 1.11. The summed E-state index contributed by atoms with van der Waals surface area (Å²) in [5.41, 5.74) is 0.468. The van der Waals surface area contributed by atoms with Crippen molar-refractivity contribution in [2.45, 2.75) is 19.8 Å². The minimum Gasteiger partial charge on any atom is -0.506 e. The molecule has 0 saturated heterocycles. The van der Waals surface area contributed by atoms with Crippen molar-refractivity contribution in [2.75, 3.05) is 11.6 Å². The van der Waals surface area contributed by atoms with Gasteiger partial charge >= 0.3 is 0 Å². The lowest BCUT2D eigenvalue weighted by molar-refractivity contribution is 0.248. The number of rotatable bonds is 4. The standard InChI is InChI=1S/C10H15NO2/c1-2-3-8-11(13)9-6-4-5-7-10(9)12/h4-7,12-13H,2-3,8H2,1H3. The number of hydrogen-bond acceptors (Lipinski definition) is 3. The molecule has 0 spiro atoms. The maximum Gasteiger partial charge on any atom is 0.141 e. The molecule has 0 amide bonds. The second-order valence-corrected chi connectivity index (χ2v) is 2.97. The van der Waals surface area contributed by atoms with E-state index in [-0.39, 0.29) is 5.75 Å². The van der Waals surface area contributed by atoms with Gasteiger partial charge in [0.15, 0.2) is 0 Å². The Labute approximate surface area is 78.2 Å². The van der Waals surface area contributed by atoms with Gasteiger partial charge in [0.1, 0.15) is 11.4 Å². The lowest BCUT2D eigenvalue weighted by Crippen LogP contribution is -2.19. The minimum atomic E-state index is 0.112. The van der Waals surface area contributed by atoms with E-state index in [9.17, 15) is 10.3 Å². The van der Waals surface area contributed by atoms with E-state index in [1.54, 1.807) is 24.3 Å². The van der Waals surface area contributed by atoms with Crippen LogP contribution >= 0.6 is 0 Å². The van der Waals surface area contributed by atoms with Gasteiger partial charge in [0, 0.05) is 6.54 Å². The van der Waals surface area contributed by atoms with Gasteiger partial charge in [-0.2, -0.15) is 0 Å². The van der Waals surface area contributed by atoms with Gasteiger partial charge in [-0.1, -0.05) is 25.5 Å². The maximum atomic E-state index is 9.51. The van der Waals surface area contributed by atoms with Gasteiger partial charge in [-0.25, -0.2) is 0 Å². The molecule has 0 fully saturated rings. The van der Waals surface area contributed by atoms with Gasteiger partial charge in [0.2, 0.25) is 0 Å². The molecule has 72 valence electrons. The largest absolute Gasteiger partial charge is 0.506 e. The summed E-state index contributed by atoms with van der Waals surface area (Å²) in [6, 6.07) is 6.76. The lowest BCUT2D eigenvalue weighted by atomic mass is 10.2. The summed E-state index contributed by atoms with van der Waals surface area (Å²) in [6.45, 7) is 2.60. The molecular formula is C10H15NO2. The predicted molar refractivity (Wildman–Crippen MR) is 52.1 cm³/mol. The molecule has 2 N–H and O–H groups in total. The Balaban J connectivity index is 2.65. The Bertz CT molecular complexity index is 263. The Hall–Kier alpha value is -1.22. The monoisotopic (exact) mass is 181 g/mol. The number of anilines is 1. The van der Waals surface area contributed by atoms with Crippen molar-refractivity contribution in [1.29, 1.82) is 0 Å². The summed E-state index contributed by atoms with van der Waals surface area (Å²) in [5.74, 6) is 0.112. The molecule has 0 heterocycles. The topological polar surface area (TPSA) is 43.7 Å². The molecule has 0 radical (unpaired) electrons. The maximum absolute atomic E-state index is 9.51. The van der Waals surface area contributed by atoms with E-state index in [0.29, 0.717) is 12.2 Å². The molecule has 3 nitrogen and oxygen atoms in total. The van der Waals surface area contributed by atoms with Crippen LogP contribution in [-0.4, -0.2) is 16.9 Å². The average Bonchev–Trinajstić information content (AvgIpc) is 2.15. The van der Waals surface area contributed by atoms with E-state index in [2.05, 4.69) is 6.92 Å². The zero-order chi connectivity index (χ0) is 9.68. The highest BCUT2D eigenvalue weighted by atomic mass is 16.5. The third kappa shape index (κ3) is 2.63. The van der Waals surface area contributed by atoms with Crippen molar-refractivity contribution < 1.29 is 10.3 Å². The van der Waals surface area contributed by atoms with Crippen LogP contribution in [0.3, 0.4) is 0 Å². The smallest absolute Gasteiger partial charge is 0.141 e. The zero-order valence-corrected chi connectivity index (χ0v) is 7.77. The number of phenolic OH excluding ortho intramolecular Hbond substituents is 1. The van der Waals surface area contributed by atoms with Gasteiger partial charge in [-0.15, -0.1) is 0 Å². The molecule has 3 heteroatoms. The van der Waals surface area contributed by atoms with Crippen LogP contribution in [0.15, 0.2) is 24.3 Å². The SMILES string of the molecule is CCCCN(O)c1ccccc1O. The highest BCUT2D eigenvalue weighted by Crippen LogP contribution is 2.24. The van der Waals surface area contributed by atoms with E-state index in [0.717, 1.165) is 17.9 Å². The first kappa shape index (κ1) is 9.86. The first-order valence-corrected chi connectivity index (χ1v) is 4.50. The average molecular weight is 181 g/mol. The number of unbranched alkanes of at least 4 members (excludes halogenated alkanes) is 1. The lowest BCUT2D eigenvalue weighted by Gasteiger charge is -2.17. The molecule has 0 aliphatic heterocycles. The number of aromatic hydroxyl groups is 1. The molecule has 0 bridgehead atoms.